The molecule has 0 spiro atoms. The van der Waals surface area contributed by atoms with E-state index in [1.165, 1.54) is 24.4 Å². The van der Waals surface area contributed by atoms with Crippen LogP contribution in [0.4, 0.5) is 0 Å². The van der Waals surface area contributed by atoms with Crippen molar-refractivity contribution in [2.75, 3.05) is 20.6 Å². The number of amides is 1. The third-order valence-electron chi connectivity index (χ3n) is 3.40. The Morgan fingerprint density at radius 3 is 2.83 bits per heavy atom. The summed E-state index contributed by atoms with van der Waals surface area (Å²) in [6.07, 6.45) is 3.31. The second kappa shape index (κ2) is 5.75. The van der Waals surface area contributed by atoms with E-state index in [0.717, 1.165) is 18.0 Å². The van der Waals surface area contributed by atoms with Crippen molar-refractivity contribution < 1.29 is 4.79 Å². The number of carbonyl (C=O) groups is 1. The molecule has 5 nitrogen and oxygen atoms in total. The normalized spacial score (nSPS) is 16.9. The predicted molar refractivity (Wildman–Crippen MR) is 71.8 cm³/mol. The van der Waals surface area contributed by atoms with Crippen LogP contribution in [-0.2, 0) is 6.42 Å². The maximum absolute atomic E-state index is 12.1. The molecule has 0 radical (unpaired) electrons. The van der Waals surface area contributed by atoms with Crippen LogP contribution in [0.25, 0.3) is 0 Å². The van der Waals surface area contributed by atoms with Gasteiger partial charge in [-0.2, -0.15) is 0 Å². The molecule has 1 aliphatic carbocycles. The monoisotopic (exact) mass is 268 g/mol. The molecule has 18 heavy (non-hydrogen) atoms. The number of nitrogens with one attached hydrogen (secondary N) is 1. The quantitative estimate of drug-likeness (QED) is 0.841. The van der Waals surface area contributed by atoms with Gasteiger partial charge in [-0.1, -0.05) is 11.4 Å². The van der Waals surface area contributed by atoms with Gasteiger partial charge in [-0.25, -0.2) is 0 Å². The van der Waals surface area contributed by atoms with E-state index < -0.39 is 0 Å². The molecule has 1 N–H and O–H groups in total. The van der Waals surface area contributed by atoms with Crippen LogP contribution in [0.1, 0.15) is 35.1 Å². The average Bonchev–Trinajstić information content (AvgIpc) is 3.05. The van der Waals surface area contributed by atoms with Crippen LogP contribution in [0.15, 0.2) is 0 Å². The van der Waals surface area contributed by atoms with E-state index in [9.17, 15) is 4.79 Å². The molecule has 0 saturated heterocycles. The van der Waals surface area contributed by atoms with Crippen LogP contribution >= 0.6 is 11.5 Å². The van der Waals surface area contributed by atoms with Gasteiger partial charge in [-0.15, -0.1) is 5.10 Å². The number of likely N-dealkylation sites (N-methyl/N-ethyl adjacent to an activating group) is 1. The highest BCUT2D eigenvalue weighted by atomic mass is 32.1. The molecule has 1 aromatic rings. The Morgan fingerprint density at radius 1 is 1.56 bits per heavy atom. The van der Waals surface area contributed by atoms with Crippen molar-refractivity contribution in [3.8, 4) is 0 Å². The van der Waals surface area contributed by atoms with Gasteiger partial charge in [0, 0.05) is 12.6 Å². The highest BCUT2D eigenvalue weighted by molar-refractivity contribution is 7.08. The Kier molecular flexibility index (Phi) is 4.29. The molecule has 2 rings (SSSR count). The van der Waals surface area contributed by atoms with Crippen molar-refractivity contribution in [1.29, 1.82) is 0 Å². The van der Waals surface area contributed by atoms with Crippen LogP contribution < -0.4 is 5.32 Å². The molecule has 6 heteroatoms. The molecule has 1 heterocycles. The molecular formula is C12H20N4OS. The minimum atomic E-state index is -0.0330. The molecule has 1 aromatic heterocycles. The fourth-order valence-corrected chi connectivity index (χ4v) is 2.81. The van der Waals surface area contributed by atoms with Gasteiger partial charge in [0.2, 0.25) is 0 Å². The number of rotatable bonds is 6. The molecule has 1 saturated carbocycles. The first-order valence-corrected chi connectivity index (χ1v) is 7.16. The summed E-state index contributed by atoms with van der Waals surface area (Å²) in [5.74, 6) is 0.708. The van der Waals surface area contributed by atoms with Crippen molar-refractivity contribution in [3.63, 3.8) is 0 Å². The number of carbonyl (C=O) groups excluding carboxylic acids is 1. The Bertz CT molecular complexity index is 412. The Balaban J connectivity index is 1.91. The Morgan fingerprint density at radius 2 is 2.28 bits per heavy atom. The number of hydrogen-bond acceptors (Lipinski definition) is 5. The van der Waals surface area contributed by atoms with E-state index in [2.05, 4.69) is 33.9 Å². The topological polar surface area (TPSA) is 58.1 Å². The SMILES string of the molecule is CCc1nnsc1C(=O)NC[C@H](C1CC1)N(C)C. The average molecular weight is 268 g/mol. The summed E-state index contributed by atoms with van der Waals surface area (Å²) in [6, 6.07) is 0.444. The summed E-state index contributed by atoms with van der Waals surface area (Å²) in [5, 5.41) is 6.98. The largest absolute Gasteiger partial charge is 0.350 e. The first-order chi connectivity index (χ1) is 8.63. The minimum Gasteiger partial charge on any atom is -0.350 e. The van der Waals surface area contributed by atoms with Gasteiger partial charge in [0.15, 0.2) is 0 Å². The summed E-state index contributed by atoms with van der Waals surface area (Å²) in [5.41, 5.74) is 0.797. The van der Waals surface area contributed by atoms with Crippen molar-refractivity contribution in [1.82, 2.24) is 19.8 Å². The summed E-state index contributed by atoms with van der Waals surface area (Å²) in [4.78, 5) is 14.9. The zero-order valence-electron chi connectivity index (χ0n) is 11.1. The fraction of sp³-hybridized carbons (Fsp3) is 0.750. The maximum Gasteiger partial charge on any atom is 0.265 e. The smallest absolute Gasteiger partial charge is 0.265 e. The molecule has 100 valence electrons. The lowest BCUT2D eigenvalue weighted by Gasteiger charge is -2.24. The van der Waals surface area contributed by atoms with E-state index in [-0.39, 0.29) is 5.91 Å². The first kappa shape index (κ1) is 13.4. The predicted octanol–water partition coefficient (Wildman–Crippen LogP) is 1.17. The van der Waals surface area contributed by atoms with Crippen LogP contribution in [-0.4, -0.2) is 47.1 Å². The number of aromatic nitrogens is 2. The van der Waals surface area contributed by atoms with Crippen LogP contribution in [0.5, 0.6) is 0 Å². The highest BCUT2D eigenvalue weighted by Gasteiger charge is 2.32. The molecule has 1 aliphatic rings. The van der Waals surface area contributed by atoms with Crippen LogP contribution in [0, 0.1) is 5.92 Å². The molecule has 0 unspecified atom stereocenters. The molecule has 0 aliphatic heterocycles. The van der Waals surface area contributed by atoms with E-state index in [0.29, 0.717) is 17.5 Å². The molecule has 1 atom stereocenters. The highest BCUT2D eigenvalue weighted by Crippen LogP contribution is 2.34. The standard InChI is InChI=1S/C12H20N4OS/c1-4-9-11(18-15-14-9)12(17)13-7-10(16(2)3)8-5-6-8/h8,10H,4-7H2,1-3H3,(H,13,17)/t10-/m1/s1. The summed E-state index contributed by atoms with van der Waals surface area (Å²) >= 11 is 1.18. The number of nitrogens with zero attached hydrogens (tertiary/aromatic N) is 3. The lowest BCUT2D eigenvalue weighted by atomic mass is 10.1. The zero-order chi connectivity index (χ0) is 13.1. The third-order valence-corrected chi connectivity index (χ3v) is 4.16. The van der Waals surface area contributed by atoms with Gasteiger partial charge in [-0.3, -0.25) is 4.79 Å². The summed E-state index contributed by atoms with van der Waals surface area (Å²) in [7, 11) is 4.14. The van der Waals surface area contributed by atoms with Crippen LogP contribution in [0.3, 0.4) is 0 Å². The summed E-state index contributed by atoms with van der Waals surface area (Å²) < 4.78 is 3.84. The van der Waals surface area contributed by atoms with E-state index >= 15 is 0 Å². The second-order valence-corrected chi connectivity index (χ2v) is 5.73. The zero-order valence-corrected chi connectivity index (χ0v) is 12.0. The Labute approximate surface area is 112 Å². The molecular weight excluding hydrogens is 248 g/mol. The molecule has 1 amide bonds. The Hall–Kier alpha value is -1.01. The first-order valence-electron chi connectivity index (χ1n) is 6.39. The minimum absolute atomic E-state index is 0.0330. The van der Waals surface area contributed by atoms with Gasteiger partial charge in [0.1, 0.15) is 4.88 Å². The summed E-state index contributed by atoms with van der Waals surface area (Å²) in [6.45, 7) is 2.69. The fourth-order valence-electron chi connectivity index (χ4n) is 2.14. The van der Waals surface area contributed by atoms with Crippen molar-refractivity contribution >= 4 is 17.4 Å². The number of aryl methyl sites for hydroxylation is 1. The molecule has 0 bridgehead atoms. The van der Waals surface area contributed by atoms with Gasteiger partial charge in [0.25, 0.3) is 5.91 Å². The molecule has 0 aromatic carbocycles. The van der Waals surface area contributed by atoms with Crippen molar-refractivity contribution in [3.05, 3.63) is 10.6 Å². The van der Waals surface area contributed by atoms with E-state index in [1.807, 2.05) is 6.92 Å². The van der Waals surface area contributed by atoms with E-state index in [1.54, 1.807) is 0 Å². The van der Waals surface area contributed by atoms with Gasteiger partial charge in [-0.05, 0) is 50.8 Å². The van der Waals surface area contributed by atoms with Crippen LogP contribution in [0.2, 0.25) is 0 Å². The van der Waals surface area contributed by atoms with Crippen molar-refractivity contribution in [2.45, 2.75) is 32.2 Å². The molecule has 1 fully saturated rings. The van der Waals surface area contributed by atoms with E-state index in [4.69, 9.17) is 0 Å². The van der Waals surface area contributed by atoms with Crippen molar-refractivity contribution in [2.24, 2.45) is 5.92 Å². The maximum atomic E-state index is 12.1. The van der Waals surface area contributed by atoms with Gasteiger partial charge in [0.05, 0.1) is 5.69 Å². The van der Waals surface area contributed by atoms with Gasteiger partial charge >= 0.3 is 0 Å². The van der Waals surface area contributed by atoms with Gasteiger partial charge < -0.3 is 10.2 Å². The number of hydrogen-bond donors (Lipinski definition) is 1. The third kappa shape index (κ3) is 3.05. The lowest BCUT2D eigenvalue weighted by Crippen LogP contribution is -2.41. The second-order valence-electron chi connectivity index (χ2n) is 4.98. The lowest BCUT2D eigenvalue weighted by molar-refractivity contribution is 0.0942.